The summed E-state index contributed by atoms with van der Waals surface area (Å²) in [7, 11) is 0. The second-order valence-corrected chi connectivity index (χ2v) is 4.90. The third kappa shape index (κ3) is 2.42. The average Bonchev–Trinajstić information content (AvgIpc) is 2.65. The van der Waals surface area contributed by atoms with E-state index in [9.17, 15) is 4.79 Å². The summed E-state index contributed by atoms with van der Waals surface area (Å²) in [6.45, 7) is 0.741. The highest BCUT2D eigenvalue weighted by atomic mass is 35.5. The normalized spacial score (nSPS) is 28.8. The zero-order valence-electron chi connectivity index (χ0n) is 10.4. The van der Waals surface area contributed by atoms with Gasteiger partial charge in [-0.3, -0.25) is 9.69 Å². The topological polar surface area (TPSA) is 44.1 Å². The summed E-state index contributed by atoms with van der Waals surface area (Å²) in [5.74, 6) is 0.0846. The molecule has 0 amide bonds. The van der Waals surface area contributed by atoms with Gasteiger partial charge in [0.2, 0.25) is 0 Å². The van der Waals surface area contributed by atoms with E-state index in [1.807, 2.05) is 24.3 Å². The number of carbonyl (C=O) groups excluding carboxylic acids is 1. The molecule has 1 fully saturated rings. The molecule has 1 aromatic carbocycles. The molecular formula is C15H15ClN2O. The molecule has 3 unspecified atom stereocenters. The summed E-state index contributed by atoms with van der Waals surface area (Å²) in [6.07, 6.45) is 4.21. The Balaban J connectivity index is 0.00000133. The molecule has 2 aliphatic heterocycles. The van der Waals surface area contributed by atoms with Gasteiger partial charge in [0.05, 0.1) is 18.0 Å². The van der Waals surface area contributed by atoms with Crippen molar-refractivity contribution >= 4 is 18.2 Å². The SMILES string of the molecule is Cl.N#CC1CC2C(=O)C=CC1N2Cc1ccccc1. The highest BCUT2D eigenvalue weighted by molar-refractivity contribution is 5.96. The number of nitriles is 1. The van der Waals surface area contributed by atoms with Crippen LogP contribution in [0.25, 0.3) is 0 Å². The van der Waals surface area contributed by atoms with E-state index in [1.165, 1.54) is 5.56 Å². The van der Waals surface area contributed by atoms with E-state index in [4.69, 9.17) is 5.26 Å². The minimum absolute atomic E-state index is 0. The molecule has 3 atom stereocenters. The van der Waals surface area contributed by atoms with Gasteiger partial charge in [-0.1, -0.05) is 36.4 Å². The fraction of sp³-hybridized carbons (Fsp3) is 0.333. The van der Waals surface area contributed by atoms with Crippen LogP contribution in [0.1, 0.15) is 12.0 Å². The molecule has 3 nitrogen and oxygen atoms in total. The zero-order valence-corrected chi connectivity index (χ0v) is 11.2. The Morgan fingerprint density at radius 2 is 2.05 bits per heavy atom. The molecule has 1 saturated heterocycles. The standard InChI is InChI=1S/C15H14N2O.ClH/c16-9-12-8-14-15(18)7-6-13(12)17(14)10-11-4-2-1-3-5-11;/h1-7,12-14H,8,10H2;1H. The van der Waals surface area contributed by atoms with Crippen LogP contribution in [0.15, 0.2) is 42.5 Å². The van der Waals surface area contributed by atoms with E-state index in [-0.39, 0.29) is 36.2 Å². The van der Waals surface area contributed by atoms with Gasteiger partial charge in [-0.25, -0.2) is 0 Å². The van der Waals surface area contributed by atoms with Crippen molar-refractivity contribution in [3.8, 4) is 6.07 Å². The van der Waals surface area contributed by atoms with Crippen LogP contribution in [0, 0.1) is 17.2 Å². The quantitative estimate of drug-likeness (QED) is 0.831. The lowest BCUT2D eigenvalue weighted by Gasteiger charge is -2.30. The summed E-state index contributed by atoms with van der Waals surface area (Å²) < 4.78 is 0. The van der Waals surface area contributed by atoms with Crippen molar-refractivity contribution in [3.63, 3.8) is 0 Å². The fourth-order valence-corrected chi connectivity index (χ4v) is 2.92. The van der Waals surface area contributed by atoms with Crippen molar-refractivity contribution in [1.82, 2.24) is 4.90 Å². The summed E-state index contributed by atoms with van der Waals surface area (Å²) in [5.41, 5.74) is 1.19. The van der Waals surface area contributed by atoms with Crippen molar-refractivity contribution in [3.05, 3.63) is 48.0 Å². The number of benzene rings is 1. The molecule has 0 N–H and O–H groups in total. The first-order valence-corrected chi connectivity index (χ1v) is 6.21. The zero-order chi connectivity index (χ0) is 12.5. The van der Waals surface area contributed by atoms with Gasteiger partial charge < -0.3 is 0 Å². The van der Waals surface area contributed by atoms with E-state index >= 15 is 0 Å². The summed E-state index contributed by atoms with van der Waals surface area (Å²) in [6, 6.07) is 12.4. The maximum absolute atomic E-state index is 11.9. The number of fused-ring (bicyclic) bond motifs is 2. The first-order valence-electron chi connectivity index (χ1n) is 6.21. The lowest BCUT2D eigenvalue weighted by Crippen LogP contribution is -2.42. The highest BCUT2D eigenvalue weighted by Crippen LogP contribution is 2.35. The van der Waals surface area contributed by atoms with Crippen molar-refractivity contribution in [2.75, 3.05) is 0 Å². The number of nitrogens with zero attached hydrogens (tertiary/aromatic N) is 2. The Morgan fingerprint density at radius 1 is 1.32 bits per heavy atom. The molecule has 19 heavy (non-hydrogen) atoms. The minimum Gasteiger partial charge on any atom is -0.293 e. The second-order valence-electron chi connectivity index (χ2n) is 4.90. The Hall–Kier alpha value is -1.63. The van der Waals surface area contributed by atoms with E-state index < -0.39 is 0 Å². The van der Waals surface area contributed by atoms with Gasteiger partial charge in [-0.05, 0) is 18.1 Å². The molecule has 0 aliphatic carbocycles. The molecule has 2 bridgehead atoms. The van der Waals surface area contributed by atoms with E-state index in [0.29, 0.717) is 6.42 Å². The summed E-state index contributed by atoms with van der Waals surface area (Å²) >= 11 is 0. The minimum atomic E-state index is -0.107. The van der Waals surface area contributed by atoms with Crippen LogP contribution < -0.4 is 0 Å². The van der Waals surface area contributed by atoms with Crippen LogP contribution in [0.2, 0.25) is 0 Å². The van der Waals surface area contributed by atoms with Gasteiger partial charge in [-0.15, -0.1) is 12.4 Å². The molecule has 0 radical (unpaired) electrons. The second kappa shape index (κ2) is 5.56. The Bertz CT molecular complexity index is 535. The van der Waals surface area contributed by atoms with Gasteiger partial charge in [0.25, 0.3) is 0 Å². The summed E-state index contributed by atoms with van der Waals surface area (Å²) in [5, 5.41) is 9.16. The smallest absolute Gasteiger partial charge is 0.172 e. The maximum atomic E-state index is 11.9. The Kier molecular flexibility index (Phi) is 4.04. The molecule has 98 valence electrons. The van der Waals surface area contributed by atoms with Crippen molar-refractivity contribution in [2.45, 2.75) is 25.0 Å². The third-order valence-corrected chi connectivity index (χ3v) is 3.83. The van der Waals surface area contributed by atoms with Crippen molar-refractivity contribution in [2.24, 2.45) is 5.92 Å². The fourth-order valence-electron chi connectivity index (χ4n) is 2.92. The number of carbonyl (C=O) groups is 1. The van der Waals surface area contributed by atoms with E-state index in [0.717, 1.165) is 6.54 Å². The molecule has 2 heterocycles. The first kappa shape index (κ1) is 13.8. The van der Waals surface area contributed by atoms with Gasteiger partial charge >= 0.3 is 0 Å². The van der Waals surface area contributed by atoms with Crippen LogP contribution in [-0.4, -0.2) is 22.8 Å². The van der Waals surface area contributed by atoms with Gasteiger partial charge in [0, 0.05) is 12.6 Å². The van der Waals surface area contributed by atoms with E-state index in [1.54, 1.807) is 6.08 Å². The number of rotatable bonds is 2. The molecule has 3 rings (SSSR count). The molecule has 1 aromatic rings. The van der Waals surface area contributed by atoms with Gasteiger partial charge in [-0.2, -0.15) is 5.26 Å². The van der Waals surface area contributed by atoms with Gasteiger partial charge in [0.15, 0.2) is 5.78 Å². The van der Waals surface area contributed by atoms with Crippen LogP contribution in [-0.2, 0) is 11.3 Å². The lowest BCUT2D eigenvalue weighted by molar-refractivity contribution is -0.119. The number of ketones is 1. The molecule has 2 aliphatic rings. The highest BCUT2D eigenvalue weighted by Gasteiger charge is 2.45. The molecule has 0 spiro atoms. The number of hydrogen-bond donors (Lipinski definition) is 0. The van der Waals surface area contributed by atoms with Crippen LogP contribution in [0.3, 0.4) is 0 Å². The first-order chi connectivity index (χ1) is 8.79. The monoisotopic (exact) mass is 274 g/mol. The lowest BCUT2D eigenvalue weighted by atomic mass is 10.0. The molecule has 0 saturated carbocycles. The van der Waals surface area contributed by atoms with Crippen LogP contribution >= 0.6 is 12.4 Å². The molecular weight excluding hydrogens is 260 g/mol. The number of hydrogen-bond acceptors (Lipinski definition) is 3. The van der Waals surface area contributed by atoms with Gasteiger partial charge in [0.1, 0.15) is 0 Å². The van der Waals surface area contributed by atoms with Crippen LogP contribution in [0.5, 0.6) is 0 Å². The molecule has 0 aromatic heterocycles. The predicted octanol–water partition coefficient (Wildman–Crippen LogP) is 2.33. The average molecular weight is 275 g/mol. The predicted molar refractivity (Wildman–Crippen MR) is 74.7 cm³/mol. The Morgan fingerprint density at radius 3 is 2.74 bits per heavy atom. The van der Waals surface area contributed by atoms with E-state index in [2.05, 4.69) is 23.1 Å². The Labute approximate surface area is 118 Å². The largest absolute Gasteiger partial charge is 0.293 e. The van der Waals surface area contributed by atoms with Crippen LogP contribution in [0.4, 0.5) is 0 Å². The summed E-state index contributed by atoms with van der Waals surface area (Å²) in [4.78, 5) is 14.0. The third-order valence-electron chi connectivity index (χ3n) is 3.83. The molecule has 4 heteroatoms. The number of halogens is 1. The van der Waals surface area contributed by atoms with Crippen molar-refractivity contribution < 1.29 is 4.79 Å². The van der Waals surface area contributed by atoms with Crippen molar-refractivity contribution in [1.29, 1.82) is 5.26 Å². The maximum Gasteiger partial charge on any atom is 0.172 e.